The normalized spacial score (nSPS) is 12.5. The van der Waals surface area contributed by atoms with Crippen molar-refractivity contribution in [3.05, 3.63) is 60.5 Å². The predicted octanol–water partition coefficient (Wildman–Crippen LogP) is 2.80. The van der Waals surface area contributed by atoms with Crippen LogP contribution in [0.1, 0.15) is 19.9 Å². The standard InChI is InChI=1S/C19H18FN3O4S/c1-12(23-11-10-16-17(20)4-3-5-18(16)23)19(25)21-14-6-8-15(9-7-14)28(26,27)22-13(2)24/h3-12H,1-2H3,(H,21,25)(H,22,24)/t12-/m1/s1. The molecule has 28 heavy (non-hydrogen) atoms. The Balaban J connectivity index is 1.77. The minimum Gasteiger partial charge on any atom is -0.335 e. The Morgan fingerprint density at radius 3 is 2.39 bits per heavy atom. The van der Waals surface area contributed by atoms with Crippen LogP contribution in [0.4, 0.5) is 10.1 Å². The Bertz CT molecular complexity index is 1150. The fraction of sp³-hybridized carbons (Fsp3) is 0.158. The van der Waals surface area contributed by atoms with Gasteiger partial charge in [-0.05, 0) is 49.4 Å². The number of nitrogens with one attached hydrogen (secondary N) is 2. The number of sulfonamides is 1. The third-order valence-corrected chi connectivity index (χ3v) is 5.67. The first kappa shape index (κ1) is 19.6. The monoisotopic (exact) mass is 403 g/mol. The molecule has 0 aliphatic heterocycles. The van der Waals surface area contributed by atoms with Gasteiger partial charge in [0.1, 0.15) is 11.9 Å². The molecule has 0 aliphatic carbocycles. The quantitative estimate of drug-likeness (QED) is 0.685. The summed E-state index contributed by atoms with van der Waals surface area (Å²) >= 11 is 0. The molecule has 0 saturated carbocycles. The van der Waals surface area contributed by atoms with Crippen LogP contribution in [0, 0.1) is 5.82 Å². The molecule has 3 rings (SSSR count). The number of anilines is 1. The van der Waals surface area contributed by atoms with Crippen molar-refractivity contribution in [3.63, 3.8) is 0 Å². The van der Waals surface area contributed by atoms with Gasteiger partial charge < -0.3 is 9.88 Å². The summed E-state index contributed by atoms with van der Waals surface area (Å²) in [5, 5.41) is 3.12. The van der Waals surface area contributed by atoms with Gasteiger partial charge in [0.2, 0.25) is 11.8 Å². The van der Waals surface area contributed by atoms with E-state index in [1.54, 1.807) is 35.9 Å². The summed E-state index contributed by atoms with van der Waals surface area (Å²) in [6.45, 7) is 2.78. The molecule has 9 heteroatoms. The molecule has 0 unspecified atom stereocenters. The van der Waals surface area contributed by atoms with Gasteiger partial charge in [-0.25, -0.2) is 17.5 Å². The molecule has 1 heterocycles. The summed E-state index contributed by atoms with van der Waals surface area (Å²) < 4.78 is 41.2. The maximum atomic E-state index is 13.8. The minimum absolute atomic E-state index is 0.0966. The molecule has 2 N–H and O–H groups in total. The van der Waals surface area contributed by atoms with Crippen molar-refractivity contribution in [1.82, 2.24) is 9.29 Å². The molecule has 2 aromatic carbocycles. The van der Waals surface area contributed by atoms with Gasteiger partial charge in [-0.2, -0.15) is 0 Å². The highest BCUT2D eigenvalue weighted by atomic mass is 32.2. The zero-order chi connectivity index (χ0) is 20.5. The van der Waals surface area contributed by atoms with E-state index in [0.717, 1.165) is 6.92 Å². The second-order valence-electron chi connectivity index (χ2n) is 6.25. The third-order valence-electron chi connectivity index (χ3n) is 4.22. The minimum atomic E-state index is -3.94. The molecule has 3 aromatic rings. The zero-order valence-electron chi connectivity index (χ0n) is 15.1. The Morgan fingerprint density at radius 1 is 1.07 bits per heavy atom. The highest BCUT2D eigenvalue weighted by molar-refractivity contribution is 7.90. The lowest BCUT2D eigenvalue weighted by Gasteiger charge is -2.16. The fourth-order valence-corrected chi connectivity index (χ4v) is 3.82. The van der Waals surface area contributed by atoms with E-state index in [4.69, 9.17) is 0 Å². The molecule has 0 bridgehead atoms. The molecule has 7 nitrogen and oxygen atoms in total. The molecule has 146 valence electrons. The molecule has 1 aromatic heterocycles. The van der Waals surface area contributed by atoms with Gasteiger partial charge in [-0.3, -0.25) is 9.59 Å². The number of hydrogen-bond acceptors (Lipinski definition) is 4. The summed E-state index contributed by atoms with van der Waals surface area (Å²) in [7, 11) is -3.94. The smallest absolute Gasteiger partial charge is 0.264 e. The summed E-state index contributed by atoms with van der Waals surface area (Å²) in [5.41, 5.74) is 0.987. The Labute approximate surface area is 161 Å². The maximum absolute atomic E-state index is 13.8. The Hall–Kier alpha value is -3.20. The van der Waals surface area contributed by atoms with E-state index in [1.807, 2.05) is 4.72 Å². The fourth-order valence-electron chi connectivity index (χ4n) is 2.83. The number of aromatic nitrogens is 1. The van der Waals surface area contributed by atoms with Gasteiger partial charge in [0.15, 0.2) is 0 Å². The number of carbonyl (C=O) groups excluding carboxylic acids is 2. The second kappa shape index (κ2) is 7.43. The Kier molecular flexibility index (Phi) is 5.19. The summed E-state index contributed by atoms with van der Waals surface area (Å²) in [6.07, 6.45) is 1.64. The van der Waals surface area contributed by atoms with Crippen LogP contribution in [0.5, 0.6) is 0 Å². The van der Waals surface area contributed by atoms with Crippen molar-refractivity contribution < 1.29 is 22.4 Å². The highest BCUT2D eigenvalue weighted by Crippen LogP contribution is 2.23. The van der Waals surface area contributed by atoms with Gasteiger partial charge in [-0.1, -0.05) is 6.07 Å². The van der Waals surface area contributed by atoms with Gasteiger partial charge >= 0.3 is 0 Å². The topological polar surface area (TPSA) is 97.3 Å². The van der Waals surface area contributed by atoms with Gasteiger partial charge in [0.05, 0.1) is 10.4 Å². The number of rotatable bonds is 5. The molecular formula is C19H18FN3O4S. The van der Waals surface area contributed by atoms with Crippen molar-refractivity contribution in [1.29, 1.82) is 0 Å². The van der Waals surface area contributed by atoms with Crippen molar-refractivity contribution in [2.24, 2.45) is 0 Å². The lowest BCUT2D eigenvalue weighted by molar-refractivity contribution is -0.119. The Morgan fingerprint density at radius 2 is 1.75 bits per heavy atom. The highest BCUT2D eigenvalue weighted by Gasteiger charge is 2.19. The second-order valence-corrected chi connectivity index (χ2v) is 7.93. The average Bonchev–Trinajstić information content (AvgIpc) is 3.06. The summed E-state index contributed by atoms with van der Waals surface area (Å²) in [6, 6.07) is 11.1. The first-order valence-electron chi connectivity index (χ1n) is 8.38. The molecule has 0 radical (unpaired) electrons. The number of benzene rings is 2. The average molecular weight is 403 g/mol. The molecule has 0 fully saturated rings. The van der Waals surface area contributed by atoms with Crippen LogP contribution in [0.15, 0.2) is 59.6 Å². The van der Waals surface area contributed by atoms with Crippen LogP contribution in [-0.2, 0) is 19.6 Å². The van der Waals surface area contributed by atoms with Crippen molar-refractivity contribution >= 4 is 38.4 Å². The molecule has 1 atom stereocenters. The number of halogens is 1. The molecular weight excluding hydrogens is 385 g/mol. The van der Waals surface area contributed by atoms with Gasteiger partial charge in [-0.15, -0.1) is 0 Å². The lowest BCUT2D eigenvalue weighted by Crippen LogP contribution is -2.28. The van der Waals surface area contributed by atoms with E-state index in [1.165, 1.54) is 30.3 Å². The molecule has 0 aliphatic rings. The first-order valence-corrected chi connectivity index (χ1v) is 9.87. The zero-order valence-corrected chi connectivity index (χ0v) is 16.0. The predicted molar refractivity (Wildman–Crippen MR) is 103 cm³/mol. The molecule has 2 amide bonds. The molecule has 0 spiro atoms. The third kappa shape index (κ3) is 3.89. The van der Waals surface area contributed by atoms with Gasteiger partial charge in [0, 0.05) is 24.2 Å². The van der Waals surface area contributed by atoms with Crippen molar-refractivity contribution in [2.45, 2.75) is 24.8 Å². The van der Waals surface area contributed by atoms with E-state index >= 15 is 0 Å². The van der Waals surface area contributed by atoms with Crippen LogP contribution < -0.4 is 10.0 Å². The van der Waals surface area contributed by atoms with Gasteiger partial charge in [0.25, 0.3) is 10.0 Å². The van der Waals surface area contributed by atoms with Crippen LogP contribution in [0.2, 0.25) is 0 Å². The first-order chi connectivity index (χ1) is 13.2. The van der Waals surface area contributed by atoms with Crippen LogP contribution in [0.25, 0.3) is 10.9 Å². The number of fused-ring (bicyclic) bond motifs is 1. The van der Waals surface area contributed by atoms with E-state index in [9.17, 15) is 22.4 Å². The number of carbonyl (C=O) groups is 2. The molecule has 0 saturated heterocycles. The van der Waals surface area contributed by atoms with E-state index in [0.29, 0.717) is 16.6 Å². The van der Waals surface area contributed by atoms with Crippen LogP contribution in [-0.4, -0.2) is 24.8 Å². The number of hydrogen-bond donors (Lipinski definition) is 2. The van der Waals surface area contributed by atoms with E-state index < -0.39 is 22.0 Å². The van der Waals surface area contributed by atoms with Crippen LogP contribution in [0.3, 0.4) is 0 Å². The van der Waals surface area contributed by atoms with E-state index in [2.05, 4.69) is 5.32 Å². The lowest BCUT2D eigenvalue weighted by atomic mass is 10.2. The summed E-state index contributed by atoms with van der Waals surface area (Å²) in [5.74, 6) is -1.40. The number of amides is 2. The van der Waals surface area contributed by atoms with E-state index in [-0.39, 0.29) is 16.6 Å². The van der Waals surface area contributed by atoms with Crippen molar-refractivity contribution in [2.75, 3.05) is 5.32 Å². The van der Waals surface area contributed by atoms with Crippen LogP contribution >= 0.6 is 0 Å². The SMILES string of the molecule is CC(=O)NS(=O)(=O)c1ccc(NC(=O)[C@@H](C)n2ccc3c(F)cccc32)cc1. The maximum Gasteiger partial charge on any atom is 0.264 e. The summed E-state index contributed by atoms with van der Waals surface area (Å²) in [4.78, 5) is 23.4. The number of nitrogens with zero attached hydrogens (tertiary/aromatic N) is 1. The largest absolute Gasteiger partial charge is 0.335 e. The van der Waals surface area contributed by atoms with Crippen molar-refractivity contribution in [3.8, 4) is 0 Å².